The zero-order valence-electron chi connectivity index (χ0n) is 11.3. The quantitative estimate of drug-likeness (QED) is 0.560. The summed E-state index contributed by atoms with van der Waals surface area (Å²) < 4.78 is 6.27. The fourth-order valence-corrected chi connectivity index (χ4v) is 1.95. The van der Waals surface area contributed by atoms with Gasteiger partial charge in [0.1, 0.15) is 5.69 Å². The molecule has 21 heavy (non-hydrogen) atoms. The summed E-state index contributed by atoms with van der Waals surface area (Å²) in [6.07, 6.45) is 1.90. The van der Waals surface area contributed by atoms with Crippen LogP contribution in [0, 0.1) is 10.1 Å². The maximum Gasteiger partial charge on any atom is 0.334 e. The van der Waals surface area contributed by atoms with E-state index >= 15 is 0 Å². The normalized spacial score (nSPS) is 15.5. The third kappa shape index (κ3) is 3.37. The number of nitro groups is 1. The molecule has 114 valence electrons. The van der Waals surface area contributed by atoms with E-state index in [0.29, 0.717) is 0 Å². The van der Waals surface area contributed by atoms with Gasteiger partial charge in [-0.2, -0.15) is 0 Å². The Balaban J connectivity index is 2.11. The van der Waals surface area contributed by atoms with Crippen LogP contribution in [0.3, 0.4) is 0 Å². The predicted octanol–water partition coefficient (Wildman–Crippen LogP) is 0.561. The summed E-state index contributed by atoms with van der Waals surface area (Å²) in [7, 11) is 1.22. The molecule has 1 heterocycles. The summed E-state index contributed by atoms with van der Waals surface area (Å²) in [5.74, 6) is -1.75. The monoisotopic (exact) mass is 297 g/mol. The molecule has 1 atom stereocenters. The van der Waals surface area contributed by atoms with Crippen LogP contribution in [0.15, 0.2) is 12.3 Å². The van der Waals surface area contributed by atoms with Crippen molar-refractivity contribution in [2.75, 3.05) is 13.7 Å². The van der Waals surface area contributed by atoms with Crippen molar-refractivity contribution in [2.45, 2.75) is 25.0 Å². The summed E-state index contributed by atoms with van der Waals surface area (Å²) in [5.41, 5.74) is -0.00184. The van der Waals surface area contributed by atoms with Gasteiger partial charge in [0.15, 0.2) is 6.10 Å². The van der Waals surface area contributed by atoms with Gasteiger partial charge in [-0.1, -0.05) is 0 Å². The lowest BCUT2D eigenvalue weighted by Crippen LogP contribution is -2.38. The SMILES string of the molecule is COC(CNC(=O)c1cc([N+](=O)[O-])cn1C1CC1)C(=O)O. The zero-order valence-corrected chi connectivity index (χ0v) is 11.3. The lowest BCUT2D eigenvalue weighted by molar-refractivity contribution is -0.384. The van der Waals surface area contributed by atoms with Crippen molar-refractivity contribution in [3.8, 4) is 0 Å². The van der Waals surface area contributed by atoms with Crippen LogP contribution in [0.25, 0.3) is 0 Å². The Bertz CT molecular complexity index is 578. The van der Waals surface area contributed by atoms with Crippen LogP contribution in [0.4, 0.5) is 5.69 Å². The van der Waals surface area contributed by atoms with Crippen molar-refractivity contribution in [3.05, 3.63) is 28.1 Å². The van der Waals surface area contributed by atoms with Gasteiger partial charge in [-0.05, 0) is 12.8 Å². The van der Waals surface area contributed by atoms with Gasteiger partial charge >= 0.3 is 5.97 Å². The van der Waals surface area contributed by atoms with E-state index in [0.717, 1.165) is 12.8 Å². The Morgan fingerprint density at radius 3 is 2.76 bits per heavy atom. The van der Waals surface area contributed by atoms with Crippen molar-refractivity contribution < 1.29 is 24.4 Å². The van der Waals surface area contributed by atoms with E-state index < -0.39 is 22.9 Å². The minimum absolute atomic E-state index is 0.0946. The molecule has 1 saturated carbocycles. The number of aromatic nitrogens is 1. The van der Waals surface area contributed by atoms with E-state index in [4.69, 9.17) is 9.84 Å². The molecule has 1 amide bonds. The average Bonchev–Trinajstić information content (AvgIpc) is 3.17. The van der Waals surface area contributed by atoms with Gasteiger partial charge in [0.05, 0.1) is 17.7 Å². The van der Waals surface area contributed by atoms with Crippen LogP contribution in [-0.2, 0) is 9.53 Å². The molecule has 1 aliphatic carbocycles. The second-order valence-corrected chi connectivity index (χ2v) is 4.75. The molecule has 2 N–H and O–H groups in total. The largest absolute Gasteiger partial charge is 0.479 e. The average molecular weight is 297 g/mol. The molecule has 0 spiro atoms. The maximum atomic E-state index is 12.1. The molecule has 9 heteroatoms. The standard InChI is InChI=1S/C12H15N3O6/c1-21-10(12(17)18)5-13-11(16)9-4-8(15(19)20)6-14(9)7-2-3-7/h4,6-7,10H,2-3,5H2,1H3,(H,13,16)(H,17,18). The van der Waals surface area contributed by atoms with Crippen molar-refractivity contribution in [3.63, 3.8) is 0 Å². The van der Waals surface area contributed by atoms with Gasteiger partial charge in [0, 0.05) is 19.2 Å². The Labute approximate surface area is 119 Å². The molecule has 0 aliphatic heterocycles. The highest BCUT2D eigenvalue weighted by atomic mass is 16.6. The fraction of sp³-hybridized carbons (Fsp3) is 0.500. The first kappa shape index (κ1) is 15.0. The minimum atomic E-state index is -1.19. The summed E-state index contributed by atoms with van der Waals surface area (Å²) in [6.45, 7) is -0.214. The van der Waals surface area contributed by atoms with Crippen LogP contribution >= 0.6 is 0 Å². The molecule has 1 fully saturated rings. The highest BCUT2D eigenvalue weighted by Crippen LogP contribution is 2.37. The number of carbonyl (C=O) groups is 2. The lowest BCUT2D eigenvalue weighted by atomic mass is 10.3. The first-order valence-corrected chi connectivity index (χ1v) is 6.34. The molecule has 0 aromatic carbocycles. The van der Waals surface area contributed by atoms with Crippen molar-refractivity contribution in [1.82, 2.24) is 9.88 Å². The Morgan fingerprint density at radius 1 is 1.62 bits per heavy atom. The molecule has 0 bridgehead atoms. The topological polar surface area (TPSA) is 124 Å². The highest BCUT2D eigenvalue weighted by Gasteiger charge is 2.30. The smallest absolute Gasteiger partial charge is 0.334 e. The summed E-state index contributed by atoms with van der Waals surface area (Å²) >= 11 is 0. The third-order valence-electron chi connectivity index (χ3n) is 3.23. The van der Waals surface area contributed by atoms with Gasteiger partial charge in [0.2, 0.25) is 0 Å². The van der Waals surface area contributed by atoms with Crippen LogP contribution < -0.4 is 5.32 Å². The van der Waals surface area contributed by atoms with Crippen LogP contribution in [0.1, 0.15) is 29.4 Å². The maximum absolute atomic E-state index is 12.1. The van der Waals surface area contributed by atoms with Crippen LogP contribution in [0.5, 0.6) is 0 Å². The van der Waals surface area contributed by atoms with E-state index in [1.54, 1.807) is 4.57 Å². The predicted molar refractivity (Wildman–Crippen MR) is 70.1 cm³/mol. The Hall–Kier alpha value is -2.42. The van der Waals surface area contributed by atoms with Crippen LogP contribution in [-0.4, -0.2) is 46.2 Å². The van der Waals surface area contributed by atoms with Gasteiger partial charge in [0.25, 0.3) is 11.6 Å². The third-order valence-corrected chi connectivity index (χ3v) is 3.23. The summed E-state index contributed by atoms with van der Waals surface area (Å²) in [4.78, 5) is 33.1. The Kier molecular flexibility index (Phi) is 4.22. The number of hydrogen-bond donors (Lipinski definition) is 2. The van der Waals surface area contributed by atoms with E-state index in [9.17, 15) is 19.7 Å². The second kappa shape index (κ2) is 5.92. The van der Waals surface area contributed by atoms with Gasteiger partial charge in [-0.25, -0.2) is 4.79 Å². The Morgan fingerprint density at radius 2 is 2.29 bits per heavy atom. The number of ether oxygens (including phenoxy) is 1. The number of nitrogens with zero attached hydrogens (tertiary/aromatic N) is 2. The van der Waals surface area contributed by atoms with E-state index in [1.165, 1.54) is 19.4 Å². The summed E-state index contributed by atoms with van der Waals surface area (Å²) in [5, 5.41) is 22.0. The van der Waals surface area contributed by atoms with Crippen LogP contribution in [0.2, 0.25) is 0 Å². The number of nitrogens with one attached hydrogen (secondary N) is 1. The van der Waals surface area contributed by atoms with Gasteiger partial charge in [-0.15, -0.1) is 0 Å². The second-order valence-electron chi connectivity index (χ2n) is 4.75. The van der Waals surface area contributed by atoms with E-state index in [-0.39, 0.29) is 24.0 Å². The van der Waals surface area contributed by atoms with Gasteiger partial charge in [-0.3, -0.25) is 14.9 Å². The zero-order chi connectivity index (χ0) is 15.6. The summed E-state index contributed by atoms with van der Waals surface area (Å²) in [6, 6.07) is 1.29. The number of carboxylic acid groups (broad SMARTS) is 1. The highest BCUT2D eigenvalue weighted by molar-refractivity contribution is 5.94. The van der Waals surface area contributed by atoms with Crippen molar-refractivity contribution in [2.24, 2.45) is 0 Å². The van der Waals surface area contributed by atoms with Crippen molar-refractivity contribution in [1.29, 1.82) is 0 Å². The molecule has 9 nitrogen and oxygen atoms in total. The molecule has 1 aromatic rings. The molecule has 1 unspecified atom stereocenters. The molecule has 1 aliphatic rings. The number of rotatable bonds is 7. The number of carboxylic acids is 1. The molecule has 1 aromatic heterocycles. The first-order valence-electron chi connectivity index (χ1n) is 6.34. The minimum Gasteiger partial charge on any atom is -0.479 e. The molecular weight excluding hydrogens is 282 g/mol. The number of amides is 1. The van der Waals surface area contributed by atoms with Gasteiger partial charge < -0.3 is 19.7 Å². The number of aliphatic carboxylic acids is 1. The first-order chi connectivity index (χ1) is 9.93. The molecule has 0 radical (unpaired) electrons. The number of methoxy groups -OCH3 is 1. The van der Waals surface area contributed by atoms with E-state index in [2.05, 4.69) is 5.32 Å². The van der Waals surface area contributed by atoms with Crippen molar-refractivity contribution >= 4 is 17.6 Å². The van der Waals surface area contributed by atoms with E-state index in [1.807, 2.05) is 0 Å². The number of carbonyl (C=O) groups excluding carboxylic acids is 1. The fourth-order valence-electron chi connectivity index (χ4n) is 1.95. The molecular formula is C12H15N3O6. The lowest BCUT2D eigenvalue weighted by Gasteiger charge is -2.12. The molecule has 0 saturated heterocycles. The number of hydrogen-bond acceptors (Lipinski definition) is 5. The molecule has 2 rings (SSSR count).